The molecule has 5 amide bonds. The maximum atomic E-state index is 13.9. The van der Waals surface area contributed by atoms with Gasteiger partial charge in [-0.2, -0.15) is 0 Å². The summed E-state index contributed by atoms with van der Waals surface area (Å²) in [4.78, 5) is 62.1. The topological polar surface area (TPSA) is 84.5 Å². The van der Waals surface area contributed by atoms with Crippen molar-refractivity contribution in [2.45, 2.75) is 64.1 Å². The number of rotatable bonds is 4. The average molecular weight is 560 g/mol. The lowest BCUT2D eigenvalue weighted by Gasteiger charge is -2.35. The number of amides is 5. The fourth-order valence-electron chi connectivity index (χ4n) is 6.59. The van der Waals surface area contributed by atoms with Crippen LogP contribution in [0.3, 0.4) is 0 Å². The number of urea groups is 1. The summed E-state index contributed by atoms with van der Waals surface area (Å²) in [5.41, 5.74) is 2.03. The molecule has 2 heterocycles. The Hall–Kier alpha value is -3.72. The molecule has 9 heteroatoms. The van der Waals surface area contributed by atoms with Crippen LogP contribution in [0.5, 0.6) is 0 Å². The summed E-state index contributed by atoms with van der Waals surface area (Å²) in [6, 6.07) is 17.5. The van der Waals surface area contributed by atoms with Gasteiger partial charge in [0, 0.05) is 58.9 Å². The number of imide groups is 1. The van der Waals surface area contributed by atoms with Crippen molar-refractivity contribution in [3.05, 3.63) is 65.7 Å². The van der Waals surface area contributed by atoms with Crippen LogP contribution in [0.25, 0.3) is 0 Å². The van der Waals surface area contributed by atoms with Crippen LogP contribution in [-0.2, 0) is 27.5 Å². The van der Waals surface area contributed by atoms with Crippen molar-refractivity contribution in [1.82, 2.24) is 19.6 Å². The molecular weight excluding hydrogens is 518 g/mol. The van der Waals surface area contributed by atoms with Gasteiger partial charge in [0.2, 0.25) is 11.8 Å². The molecule has 2 fully saturated rings. The number of carbonyl (C=O) groups excluding carboxylic acids is 4. The molecule has 2 aromatic rings. The Balaban J connectivity index is 1.41. The Labute approximate surface area is 242 Å². The molecule has 5 rings (SSSR count). The Bertz CT molecular complexity index is 1280. The lowest BCUT2D eigenvalue weighted by Crippen LogP contribution is -2.50. The van der Waals surface area contributed by atoms with E-state index >= 15 is 0 Å². The molecular formula is C32H41N5O4. The SMILES string of the molecule is CC(=O)N1CCCN(Cc2ccccc2)CCN(C(=O)CN2C(=O)N(C)C3(CCCCC3)C2=O)Cc2ccccc21. The monoisotopic (exact) mass is 559 g/mol. The van der Waals surface area contributed by atoms with Gasteiger partial charge < -0.3 is 14.7 Å². The molecule has 2 aliphatic heterocycles. The minimum Gasteiger partial charge on any atom is -0.335 e. The largest absolute Gasteiger partial charge is 0.335 e. The third-order valence-corrected chi connectivity index (χ3v) is 8.94. The van der Waals surface area contributed by atoms with E-state index in [1.54, 1.807) is 28.7 Å². The molecule has 0 atom stereocenters. The van der Waals surface area contributed by atoms with Gasteiger partial charge >= 0.3 is 6.03 Å². The zero-order valence-corrected chi connectivity index (χ0v) is 24.3. The quantitative estimate of drug-likeness (QED) is 0.531. The van der Waals surface area contributed by atoms with E-state index < -0.39 is 11.6 Å². The molecule has 218 valence electrons. The number of benzene rings is 2. The number of carbonyl (C=O) groups is 4. The summed E-state index contributed by atoms with van der Waals surface area (Å²) in [5, 5.41) is 0. The molecule has 0 radical (unpaired) electrons. The summed E-state index contributed by atoms with van der Waals surface area (Å²) >= 11 is 0. The van der Waals surface area contributed by atoms with Crippen LogP contribution in [0.1, 0.15) is 56.6 Å². The van der Waals surface area contributed by atoms with Crippen LogP contribution in [-0.4, -0.2) is 88.7 Å². The minimum atomic E-state index is -0.819. The highest BCUT2D eigenvalue weighted by Gasteiger charge is 2.56. The zero-order chi connectivity index (χ0) is 29.0. The van der Waals surface area contributed by atoms with Gasteiger partial charge in [0.15, 0.2) is 0 Å². The van der Waals surface area contributed by atoms with Gasteiger partial charge in [0.1, 0.15) is 12.1 Å². The van der Waals surface area contributed by atoms with Crippen LogP contribution in [0, 0.1) is 0 Å². The van der Waals surface area contributed by atoms with Crippen molar-refractivity contribution in [2.24, 2.45) is 0 Å². The second-order valence-corrected chi connectivity index (χ2v) is 11.6. The van der Waals surface area contributed by atoms with Gasteiger partial charge in [-0.1, -0.05) is 67.8 Å². The number of likely N-dealkylation sites (N-methyl/N-ethyl adjacent to an activating group) is 1. The highest BCUT2D eigenvalue weighted by Crippen LogP contribution is 2.39. The maximum Gasteiger partial charge on any atom is 0.327 e. The standard InChI is InChI=1S/C32H41N5O4/c1-25(38)36-19-11-18-34(22-26-12-5-3-6-13-26)20-21-35(23-27-14-7-8-15-28(27)36)29(39)24-37-30(40)32(33(2)31(37)41)16-9-4-10-17-32/h3,5-8,12-15H,4,9-11,16-24H2,1-2H3. The number of hydrogen-bond acceptors (Lipinski definition) is 5. The van der Waals surface area contributed by atoms with Gasteiger partial charge in [0.05, 0.1) is 0 Å². The van der Waals surface area contributed by atoms with E-state index in [0.717, 1.165) is 54.9 Å². The third kappa shape index (κ3) is 6.00. The summed E-state index contributed by atoms with van der Waals surface area (Å²) in [6.07, 6.45) is 4.94. The molecule has 0 N–H and O–H groups in total. The van der Waals surface area contributed by atoms with Crippen LogP contribution in [0.2, 0.25) is 0 Å². The fourth-order valence-corrected chi connectivity index (χ4v) is 6.59. The minimum absolute atomic E-state index is 0.0433. The summed E-state index contributed by atoms with van der Waals surface area (Å²) < 4.78 is 0. The van der Waals surface area contributed by atoms with Crippen molar-refractivity contribution < 1.29 is 19.2 Å². The van der Waals surface area contributed by atoms with E-state index in [4.69, 9.17) is 0 Å². The Morgan fingerprint density at radius 1 is 0.829 bits per heavy atom. The van der Waals surface area contributed by atoms with Crippen molar-refractivity contribution >= 4 is 29.4 Å². The fraction of sp³-hybridized carbons (Fsp3) is 0.500. The second-order valence-electron chi connectivity index (χ2n) is 11.6. The Morgan fingerprint density at radius 2 is 1.54 bits per heavy atom. The normalized spacial score (nSPS) is 20.2. The number of fused-ring (bicyclic) bond motifs is 1. The van der Waals surface area contributed by atoms with Crippen LogP contribution >= 0.6 is 0 Å². The number of nitrogens with zero attached hydrogens (tertiary/aromatic N) is 5. The third-order valence-electron chi connectivity index (χ3n) is 8.94. The maximum absolute atomic E-state index is 13.9. The highest BCUT2D eigenvalue weighted by atomic mass is 16.2. The first-order valence-corrected chi connectivity index (χ1v) is 14.8. The van der Waals surface area contributed by atoms with E-state index in [-0.39, 0.29) is 30.8 Å². The predicted octanol–water partition coefficient (Wildman–Crippen LogP) is 3.87. The van der Waals surface area contributed by atoms with Crippen molar-refractivity contribution in [1.29, 1.82) is 0 Å². The Morgan fingerprint density at radius 3 is 2.27 bits per heavy atom. The van der Waals surface area contributed by atoms with Crippen molar-refractivity contribution in [3.8, 4) is 0 Å². The van der Waals surface area contributed by atoms with E-state index in [2.05, 4.69) is 17.0 Å². The van der Waals surface area contributed by atoms with Gasteiger partial charge in [0.25, 0.3) is 5.91 Å². The smallest absolute Gasteiger partial charge is 0.327 e. The lowest BCUT2D eigenvalue weighted by atomic mass is 9.81. The van der Waals surface area contributed by atoms with Gasteiger partial charge in [-0.25, -0.2) is 4.79 Å². The van der Waals surface area contributed by atoms with E-state index in [9.17, 15) is 19.2 Å². The molecule has 9 nitrogen and oxygen atoms in total. The summed E-state index contributed by atoms with van der Waals surface area (Å²) in [7, 11) is 1.69. The number of anilines is 1. The van der Waals surface area contributed by atoms with E-state index in [0.29, 0.717) is 32.5 Å². The lowest BCUT2D eigenvalue weighted by molar-refractivity contribution is -0.140. The van der Waals surface area contributed by atoms with Crippen LogP contribution in [0.15, 0.2) is 54.6 Å². The molecule has 0 aromatic heterocycles. The molecule has 0 bridgehead atoms. The summed E-state index contributed by atoms with van der Waals surface area (Å²) in [6.45, 7) is 4.73. The molecule has 41 heavy (non-hydrogen) atoms. The zero-order valence-electron chi connectivity index (χ0n) is 24.3. The van der Waals surface area contributed by atoms with Crippen LogP contribution < -0.4 is 4.90 Å². The molecule has 3 aliphatic rings. The summed E-state index contributed by atoms with van der Waals surface area (Å²) in [5.74, 6) is -0.556. The van der Waals surface area contributed by atoms with E-state index in [1.807, 2.05) is 42.5 Å². The van der Waals surface area contributed by atoms with E-state index in [1.165, 1.54) is 5.56 Å². The van der Waals surface area contributed by atoms with Crippen LogP contribution in [0.4, 0.5) is 10.5 Å². The number of para-hydroxylation sites is 1. The van der Waals surface area contributed by atoms with Gasteiger partial charge in [-0.15, -0.1) is 0 Å². The first-order valence-electron chi connectivity index (χ1n) is 14.8. The molecule has 1 saturated heterocycles. The molecule has 1 aliphatic carbocycles. The van der Waals surface area contributed by atoms with Gasteiger partial charge in [-0.05, 0) is 36.5 Å². The average Bonchev–Trinajstić information content (AvgIpc) is 3.12. The first-order chi connectivity index (χ1) is 19.8. The van der Waals surface area contributed by atoms with Crippen molar-refractivity contribution in [3.63, 3.8) is 0 Å². The molecule has 1 saturated carbocycles. The predicted molar refractivity (Wildman–Crippen MR) is 157 cm³/mol. The first kappa shape index (κ1) is 28.8. The second kappa shape index (κ2) is 12.4. The van der Waals surface area contributed by atoms with Gasteiger partial charge in [-0.3, -0.25) is 24.2 Å². The Kier molecular flexibility index (Phi) is 8.73. The highest BCUT2D eigenvalue weighted by molar-refractivity contribution is 6.09. The molecule has 0 unspecified atom stereocenters. The number of hydrogen-bond donors (Lipinski definition) is 0. The van der Waals surface area contributed by atoms with Crippen molar-refractivity contribution in [2.75, 3.05) is 44.7 Å². The molecule has 2 aromatic carbocycles. The molecule has 1 spiro atoms.